The van der Waals surface area contributed by atoms with Crippen molar-refractivity contribution in [3.8, 4) is 5.75 Å². The maximum absolute atomic E-state index is 12.7. The lowest BCUT2D eigenvalue weighted by Crippen LogP contribution is -2.25. The summed E-state index contributed by atoms with van der Waals surface area (Å²) in [5, 5.41) is 3.16. The molecule has 2 N–H and O–H groups in total. The van der Waals surface area contributed by atoms with Crippen molar-refractivity contribution in [1.29, 1.82) is 0 Å². The number of aromatic nitrogens is 3. The number of ether oxygens (including phenoxy) is 1. The molecular weight excluding hydrogens is 382 g/mol. The Bertz CT molecular complexity index is 1080. The largest absolute Gasteiger partial charge is 0.495 e. The maximum atomic E-state index is 12.7. The Morgan fingerprint density at radius 3 is 2.80 bits per heavy atom. The fourth-order valence-corrected chi connectivity index (χ4v) is 3.64. The Morgan fingerprint density at radius 2 is 2.00 bits per heavy atom. The SMILES string of the molecule is COc1ccccc1N1C[C@H](c2cc(=O)[nH]c(NCCc3ccncc3)n2)CC1=O. The van der Waals surface area contributed by atoms with Crippen molar-refractivity contribution >= 4 is 17.5 Å². The fraction of sp³-hybridized carbons (Fsp3) is 0.273. The highest BCUT2D eigenvalue weighted by molar-refractivity contribution is 5.97. The Hall–Kier alpha value is -3.68. The van der Waals surface area contributed by atoms with E-state index in [0.29, 0.717) is 36.9 Å². The first-order valence-electron chi connectivity index (χ1n) is 9.81. The van der Waals surface area contributed by atoms with Crippen molar-refractivity contribution in [2.24, 2.45) is 0 Å². The van der Waals surface area contributed by atoms with Crippen molar-refractivity contribution < 1.29 is 9.53 Å². The van der Waals surface area contributed by atoms with Crippen molar-refractivity contribution in [3.05, 3.63) is 76.5 Å². The number of anilines is 2. The highest BCUT2D eigenvalue weighted by Crippen LogP contribution is 2.35. The average Bonchev–Trinajstić information content (AvgIpc) is 3.15. The summed E-state index contributed by atoms with van der Waals surface area (Å²) in [4.78, 5) is 37.8. The smallest absolute Gasteiger partial charge is 0.252 e. The number of amides is 1. The highest BCUT2D eigenvalue weighted by Gasteiger charge is 2.34. The van der Waals surface area contributed by atoms with E-state index >= 15 is 0 Å². The zero-order chi connectivity index (χ0) is 20.9. The third kappa shape index (κ3) is 4.32. The van der Waals surface area contributed by atoms with Crippen LogP contribution in [0.5, 0.6) is 5.75 Å². The van der Waals surface area contributed by atoms with Gasteiger partial charge in [0.1, 0.15) is 5.75 Å². The number of methoxy groups -OCH3 is 1. The van der Waals surface area contributed by atoms with Crippen molar-refractivity contribution in [1.82, 2.24) is 15.0 Å². The van der Waals surface area contributed by atoms with Crippen LogP contribution < -0.4 is 20.5 Å². The number of pyridine rings is 1. The average molecular weight is 405 g/mol. The van der Waals surface area contributed by atoms with Crippen molar-refractivity contribution in [2.75, 3.05) is 30.4 Å². The maximum Gasteiger partial charge on any atom is 0.252 e. The minimum atomic E-state index is -0.241. The normalized spacial score (nSPS) is 16.0. The molecule has 0 aliphatic carbocycles. The fourth-order valence-electron chi connectivity index (χ4n) is 3.64. The van der Waals surface area contributed by atoms with E-state index in [2.05, 4.69) is 20.3 Å². The van der Waals surface area contributed by atoms with E-state index in [4.69, 9.17) is 4.74 Å². The van der Waals surface area contributed by atoms with Gasteiger partial charge in [0.2, 0.25) is 11.9 Å². The molecule has 8 heteroatoms. The predicted octanol–water partition coefficient (Wildman–Crippen LogP) is 2.35. The van der Waals surface area contributed by atoms with Gasteiger partial charge in [-0.05, 0) is 36.2 Å². The molecule has 0 spiro atoms. The molecule has 1 fully saturated rings. The number of nitrogens with zero attached hydrogens (tertiary/aromatic N) is 3. The zero-order valence-electron chi connectivity index (χ0n) is 16.7. The second-order valence-corrected chi connectivity index (χ2v) is 7.13. The molecule has 0 unspecified atom stereocenters. The first kappa shape index (κ1) is 19.6. The van der Waals surface area contributed by atoms with E-state index in [1.807, 2.05) is 36.4 Å². The van der Waals surface area contributed by atoms with E-state index in [0.717, 1.165) is 17.7 Å². The van der Waals surface area contributed by atoms with Gasteiger partial charge in [-0.25, -0.2) is 4.98 Å². The number of hydrogen-bond donors (Lipinski definition) is 2. The summed E-state index contributed by atoms with van der Waals surface area (Å²) in [6.45, 7) is 1.07. The van der Waals surface area contributed by atoms with Crippen LogP contribution in [-0.4, -0.2) is 41.1 Å². The summed E-state index contributed by atoms with van der Waals surface area (Å²) >= 11 is 0. The summed E-state index contributed by atoms with van der Waals surface area (Å²) in [5.41, 5.74) is 2.24. The summed E-state index contributed by atoms with van der Waals surface area (Å²) in [5.74, 6) is 0.878. The lowest BCUT2D eigenvalue weighted by Gasteiger charge is -2.19. The van der Waals surface area contributed by atoms with E-state index in [1.165, 1.54) is 6.07 Å². The molecule has 1 aromatic carbocycles. The van der Waals surface area contributed by atoms with Gasteiger partial charge in [0.25, 0.3) is 5.56 Å². The van der Waals surface area contributed by atoms with Gasteiger partial charge in [-0.2, -0.15) is 0 Å². The topological polar surface area (TPSA) is 100 Å². The highest BCUT2D eigenvalue weighted by atomic mass is 16.5. The molecule has 0 radical (unpaired) electrons. The summed E-state index contributed by atoms with van der Waals surface area (Å²) in [6.07, 6.45) is 4.58. The lowest BCUT2D eigenvalue weighted by molar-refractivity contribution is -0.117. The molecule has 1 aliphatic heterocycles. The number of aromatic amines is 1. The van der Waals surface area contributed by atoms with Crippen LogP contribution in [-0.2, 0) is 11.2 Å². The number of hydrogen-bond acceptors (Lipinski definition) is 6. The number of nitrogens with one attached hydrogen (secondary N) is 2. The van der Waals surface area contributed by atoms with E-state index in [1.54, 1.807) is 24.4 Å². The third-order valence-electron chi connectivity index (χ3n) is 5.14. The summed E-state index contributed by atoms with van der Waals surface area (Å²) < 4.78 is 5.39. The van der Waals surface area contributed by atoms with Gasteiger partial charge in [-0.3, -0.25) is 19.6 Å². The van der Waals surface area contributed by atoms with E-state index in [-0.39, 0.29) is 17.4 Å². The quantitative estimate of drug-likeness (QED) is 0.626. The molecule has 8 nitrogen and oxygen atoms in total. The van der Waals surface area contributed by atoms with Crippen molar-refractivity contribution in [3.63, 3.8) is 0 Å². The molecule has 1 saturated heterocycles. The first-order chi connectivity index (χ1) is 14.6. The molecular formula is C22H23N5O3. The molecule has 3 heterocycles. The van der Waals surface area contributed by atoms with Crippen LogP contribution in [0.3, 0.4) is 0 Å². The first-order valence-corrected chi connectivity index (χ1v) is 9.81. The zero-order valence-corrected chi connectivity index (χ0v) is 16.7. The summed E-state index contributed by atoms with van der Waals surface area (Å²) in [6, 6.07) is 12.8. The molecule has 1 aliphatic rings. The van der Waals surface area contributed by atoms with Gasteiger partial charge >= 0.3 is 0 Å². The van der Waals surface area contributed by atoms with Gasteiger partial charge in [0, 0.05) is 43.9 Å². The van der Waals surface area contributed by atoms with Crippen LogP contribution in [0.15, 0.2) is 59.7 Å². The molecule has 0 saturated carbocycles. The monoisotopic (exact) mass is 405 g/mol. The number of para-hydroxylation sites is 2. The second kappa shape index (κ2) is 8.77. The number of rotatable bonds is 7. The van der Waals surface area contributed by atoms with Crippen molar-refractivity contribution in [2.45, 2.75) is 18.8 Å². The molecule has 0 bridgehead atoms. The minimum Gasteiger partial charge on any atom is -0.495 e. The standard InChI is InChI=1S/C22H23N5O3/c1-30-19-5-3-2-4-18(19)27-14-16(12-21(27)29)17-13-20(28)26-22(25-17)24-11-8-15-6-9-23-10-7-15/h2-7,9-10,13,16H,8,11-12,14H2,1H3,(H2,24,25,26,28)/t16-/m1/s1. The van der Waals surface area contributed by atoms with E-state index < -0.39 is 0 Å². The van der Waals surface area contributed by atoms with Crippen LogP contribution in [0, 0.1) is 0 Å². The number of carbonyl (C=O) groups is 1. The molecule has 1 atom stereocenters. The van der Waals surface area contributed by atoms with Gasteiger partial charge < -0.3 is 15.0 Å². The Labute approximate surface area is 173 Å². The van der Waals surface area contributed by atoms with E-state index in [9.17, 15) is 9.59 Å². The van der Waals surface area contributed by atoms with Gasteiger partial charge in [0.15, 0.2) is 0 Å². The Balaban J connectivity index is 1.47. The molecule has 154 valence electrons. The summed E-state index contributed by atoms with van der Waals surface area (Å²) in [7, 11) is 1.58. The molecule has 4 rings (SSSR count). The Kier molecular flexibility index (Phi) is 5.74. The Morgan fingerprint density at radius 1 is 1.20 bits per heavy atom. The number of H-pyrrole nitrogens is 1. The lowest BCUT2D eigenvalue weighted by atomic mass is 10.0. The van der Waals surface area contributed by atoms with Crippen LogP contribution in [0.2, 0.25) is 0 Å². The van der Waals surface area contributed by atoms with Gasteiger partial charge in [-0.15, -0.1) is 0 Å². The van der Waals surface area contributed by atoms with Gasteiger partial charge in [0.05, 0.1) is 18.5 Å². The van der Waals surface area contributed by atoms with Gasteiger partial charge in [-0.1, -0.05) is 12.1 Å². The molecule has 1 amide bonds. The molecule has 30 heavy (non-hydrogen) atoms. The predicted molar refractivity (Wildman–Crippen MR) is 114 cm³/mol. The minimum absolute atomic E-state index is 0.0150. The number of carbonyl (C=O) groups excluding carboxylic acids is 1. The van der Waals surface area contributed by atoms with Crippen LogP contribution in [0.25, 0.3) is 0 Å². The van der Waals surface area contributed by atoms with Crippen LogP contribution in [0.1, 0.15) is 23.6 Å². The number of benzene rings is 1. The second-order valence-electron chi connectivity index (χ2n) is 7.13. The van der Waals surface area contributed by atoms with Crippen LogP contribution >= 0.6 is 0 Å². The molecule has 3 aromatic rings. The van der Waals surface area contributed by atoms with Crippen LogP contribution in [0.4, 0.5) is 11.6 Å². The molecule has 2 aromatic heterocycles. The third-order valence-corrected chi connectivity index (χ3v) is 5.14.